The van der Waals surface area contributed by atoms with Gasteiger partial charge in [-0.1, -0.05) is 0 Å². The molecule has 1 fully saturated rings. The number of carbonyl (C=O) groups excluding carboxylic acids is 1. The topological polar surface area (TPSA) is 95.5 Å². The van der Waals surface area contributed by atoms with Crippen LogP contribution in [0.3, 0.4) is 0 Å². The Morgan fingerprint density at radius 3 is 2.46 bits per heavy atom. The van der Waals surface area contributed by atoms with E-state index < -0.39 is 44.6 Å². The van der Waals surface area contributed by atoms with Crippen LogP contribution in [-0.4, -0.2) is 31.6 Å². The van der Waals surface area contributed by atoms with Gasteiger partial charge in [-0.05, 0) is 71.6 Å². The number of amides is 1. The maximum absolute atomic E-state index is 14.2. The molecule has 2 aromatic carbocycles. The first-order valence-electron chi connectivity index (χ1n) is 8.44. The van der Waals surface area contributed by atoms with Crippen molar-refractivity contribution in [3.8, 4) is 0 Å². The van der Waals surface area contributed by atoms with Crippen molar-refractivity contribution in [1.29, 1.82) is 0 Å². The van der Waals surface area contributed by atoms with Crippen molar-refractivity contribution in [2.24, 2.45) is 0 Å². The Labute approximate surface area is 169 Å². The minimum atomic E-state index is -4.27. The molecule has 10 heteroatoms. The SMILES string of the molecule is O=C(Nc1ccc(F)c(Br)c1)c1ccc(F)c(S(=O)(=O)NC2CCCC2O)c1. The largest absolute Gasteiger partial charge is 0.391 e. The van der Waals surface area contributed by atoms with Crippen LogP contribution < -0.4 is 10.0 Å². The van der Waals surface area contributed by atoms with Crippen molar-refractivity contribution in [2.45, 2.75) is 36.3 Å². The predicted molar refractivity (Wildman–Crippen MR) is 102 cm³/mol. The lowest BCUT2D eigenvalue weighted by Gasteiger charge is -2.17. The fourth-order valence-electron chi connectivity index (χ4n) is 2.97. The third kappa shape index (κ3) is 4.57. The lowest BCUT2D eigenvalue weighted by molar-refractivity contribution is 0.102. The monoisotopic (exact) mass is 474 g/mol. The molecule has 0 aromatic heterocycles. The molecule has 0 heterocycles. The number of hydrogen-bond donors (Lipinski definition) is 3. The number of hydrogen-bond acceptors (Lipinski definition) is 4. The van der Waals surface area contributed by atoms with Gasteiger partial charge in [0.1, 0.15) is 16.5 Å². The average molecular weight is 475 g/mol. The number of rotatable bonds is 5. The molecule has 0 saturated heterocycles. The number of benzene rings is 2. The normalized spacial score (nSPS) is 19.6. The summed E-state index contributed by atoms with van der Waals surface area (Å²) in [6.07, 6.45) is 0.737. The van der Waals surface area contributed by atoms with Gasteiger partial charge in [-0.2, -0.15) is 0 Å². The summed E-state index contributed by atoms with van der Waals surface area (Å²) in [5.74, 6) is -2.20. The van der Waals surface area contributed by atoms with Crippen LogP contribution in [0, 0.1) is 11.6 Å². The van der Waals surface area contributed by atoms with Crippen molar-refractivity contribution in [2.75, 3.05) is 5.32 Å². The summed E-state index contributed by atoms with van der Waals surface area (Å²) in [4.78, 5) is 11.7. The molecule has 3 N–H and O–H groups in total. The average Bonchev–Trinajstić information content (AvgIpc) is 3.02. The lowest BCUT2D eigenvalue weighted by Crippen LogP contribution is -2.40. The molecular weight excluding hydrogens is 458 g/mol. The molecular formula is C18H17BrF2N2O4S. The zero-order chi connectivity index (χ0) is 20.5. The van der Waals surface area contributed by atoms with Gasteiger partial charge in [0.25, 0.3) is 5.91 Å². The van der Waals surface area contributed by atoms with Crippen LogP contribution in [0.15, 0.2) is 45.8 Å². The standard InChI is InChI=1S/C18H17BrF2N2O4S/c19-12-9-11(5-7-13(12)20)22-18(25)10-4-6-14(21)17(8-10)28(26,27)23-15-2-1-3-16(15)24/h4-9,15-16,23-24H,1-3H2,(H,22,25). The molecule has 28 heavy (non-hydrogen) atoms. The molecule has 0 aliphatic heterocycles. The van der Waals surface area contributed by atoms with Crippen LogP contribution in [0.5, 0.6) is 0 Å². The van der Waals surface area contributed by atoms with Crippen LogP contribution in [-0.2, 0) is 10.0 Å². The summed E-state index contributed by atoms with van der Waals surface area (Å²) in [5, 5.41) is 12.3. The molecule has 3 rings (SSSR count). The van der Waals surface area contributed by atoms with E-state index in [1.807, 2.05) is 0 Å². The van der Waals surface area contributed by atoms with E-state index in [-0.39, 0.29) is 15.7 Å². The van der Waals surface area contributed by atoms with Gasteiger partial charge in [-0.25, -0.2) is 21.9 Å². The summed E-state index contributed by atoms with van der Waals surface area (Å²) >= 11 is 3.00. The molecule has 2 aromatic rings. The minimum absolute atomic E-state index is 0.0887. The van der Waals surface area contributed by atoms with Gasteiger partial charge < -0.3 is 10.4 Å². The van der Waals surface area contributed by atoms with Gasteiger partial charge in [0, 0.05) is 17.3 Å². The molecule has 1 aliphatic carbocycles. The van der Waals surface area contributed by atoms with Crippen LogP contribution in [0.2, 0.25) is 0 Å². The second kappa shape index (κ2) is 8.24. The zero-order valence-electron chi connectivity index (χ0n) is 14.5. The number of halogens is 3. The van der Waals surface area contributed by atoms with E-state index in [0.29, 0.717) is 19.3 Å². The fraction of sp³-hybridized carbons (Fsp3) is 0.278. The molecule has 150 valence electrons. The first-order chi connectivity index (χ1) is 13.2. The predicted octanol–water partition coefficient (Wildman–Crippen LogP) is 3.17. The van der Waals surface area contributed by atoms with Crippen molar-refractivity contribution in [1.82, 2.24) is 4.72 Å². The highest BCUT2D eigenvalue weighted by molar-refractivity contribution is 9.10. The van der Waals surface area contributed by atoms with E-state index in [2.05, 4.69) is 26.0 Å². The highest BCUT2D eigenvalue weighted by Crippen LogP contribution is 2.24. The lowest BCUT2D eigenvalue weighted by atomic mass is 10.2. The molecule has 2 atom stereocenters. The first-order valence-corrected chi connectivity index (χ1v) is 10.7. The zero-order valence-corrected chi connectivity index (χ0v) is 16.9. The van der Waals surface area contributed by atoms with E-state index in [0.717, 1.165) is 24.3 Å². The maximum atomic E-state index is 14.2. The second-order valence-electron chi connectivity index (χ2n) is 6.45. The highest BCUT2D eigenvalue weighted by atomic mass is 79.9. The summed E-state index contributed by atoms with van der Waals surface area (Å²) < 4.78 is 54.9. The van der Waals surface area contributed by atoms with E-state index in [4.69, 9.17) is 0 Å². The number of aliphatic hydroxyl groups is 1. The fourth-order valence-corrected chi connectivity index (χ4v) is 4.75. The Morgan fingerprint density at radius 1 is 1.11 bits per heavy atom. The molecule has 2 unspecified atom stereocenters. The molecule has 6 nitrogen and oxygen atoms in total. The van der Waals surface area contributed by atoms with Gasteiger partial charge in [0.2, 0.25) is 10.0 Å². The van der Waals surface area contributed by atoms with Crippen molar-refractivity contribution in [3.63, 3.8) is 0 Å². The van der Waals surface area contributed by atoms with E-state index in [1.165, 1.54) is 12.1 Å². The van der Waals surface area contributed by atoms with Crippen molar-refractivity contribution >= 4 is 37.5 Å². The van der Waals surface area contributed by atoms with Crippen LogP contribution in [0.1, 0.15) is 29.6 Å². The molecule has 0 spiro atoms. The first kappa shape index (κ1) is 20.8. The van der Waals surface area contributed by atoms with Gasteiger partial charge >= 0.3 is 0 Å². The maximum Gasteiger partial charge on any atom is 0.255 e. The van der Waals surface area contributed by atoms with Crippen LogP contribution in [0.4, 0.5) is 14.5 Å². The van der Waals surface area contributed by atoms with Crippen molar-refractivity contribution < 1.29 is 27.1 Å². The Kier molecular flexibility index (Phi) is 6.13. The summed E-state index contributed by atoms with van der Waals surface area (Å²) in [6.45, 7) is 0. The smallest absolute Gasteiger partial charge is 0.255 e. The summed E-state index contributed by atoms with van der Waals surface area (Å²) in [5.41, 5.74) is 0.188. The molecule has 0 radical (unpaired) electrons. The highest BCUT2D eigenvalue weighted by Gasteiger charge is 2.31. The van der Waals surface area contributed by atoms with Gasteiger partial charge in [0.15, 0.2) is 0 Å². The quantitative estimate of drug-likeness (QED) is 0.619. The van der Waals surface area contributed by atoms with E-state index >= 15 is 0 Å². The van der Waals surface area contributed by atoms with E-state index in [1.54, 1.807) is 0 Å². The third-order valence-corrected chi connectivity index (χ3v) is 6.56. The van der Waals surface area contributed by atoms with E-state index in [9.17, 15) is 27.1 Å². The third-order valence-electron chi connectivity index (χ3n) is 4.45. The number of aliphatic hydroxyl groups excluding tert-OH is 1. The van der Waals surface area contributed by atoms with Gasteiger partial charge in [0.05, 0.1) is 10.6 Å². The van der Waals surface area contributed by atoms with Gasteiger partial charge in [-0.15, -0.1) is 0 Å². The number of carbonyl (C=O) groups is 1. The van der Waals surface area contributed by atoms with Crippen molar-refractivity contribution in [3.05, 3.63) is 58.1 Å². The Hall–Kier alpha value is -1.88. The Balaban J connectivity index is 1.83. The Morgan fingerprint density at radius 2 is 1.82 bits per heavy atom. The number of sulfonamides is 1. The minimum Gasteiger partial charge on any atom is -0.391 e. The second-order valence-corrected chi connectivity index (χ2v) is 8.99. The van der Waals surface area contributed by atoms with Crippen LogP contribution >= 0.6 is 15.9 Å². The molecule has 1 aliphatic rings. The van der Waals surface area contributed by atoms with Gasteiger partial charge in [-0.3, -0.25) is 4.79 Å². The molecule has 1 saturated carbocycles. The summed E-state index contributed by atoms with van der Waals surface area (Å²) in [7, 11) is -4.27. The number of anilines is 1. The Bertz CT molecular complexity index is 1020. The summed E-state index contributed by atoms with van der Waals surface area (Å²) in [6, 6.07) is 6.09. The number of nitrogens with one attached hydrogen (secondary N) is 2. The van der Waals surface area contributed by atoms with Crippen LogP contribution in [0.25, 0.3) is 0 Å². The molecule has 1 amide bonds. The molecule has 0 bridgehead atoms.